The maximum Gasteiger partial charge on any atom is 0.152 e. The fourth-order valence-electron chi connectivity index (χ4n) is 1.99. The van der Waals surface area contributed by atoms with Crippen molar-refractivity contribution in [1.29, 1.82) is 0 Å². The molecule has 2 aromatic heterocycles. The average molecular weight is 291 g/mol. The molecule has 2 heterocycles. The van der Waals surface area contributed by atoms with Crippen molar-refractivity contribution >= 4 is 11.3 Å². The van der Waals surface area contributed by atoms with Crippen LogP contribution in [0.2, 0.25) is 0 Å². The molecule has 6 heteroatoms. The van der Waals surface area contributed by atoms with Crippen LogP contribution in [0, 0.1) is 0 Å². The number of hydrogen-bond donors (Lipinski definition) is 2. The molecular formula is C15H25N5O. The summed E-state index contributed by atoms with van der Waals surface area (Å²) in [7, 11) is 1.71. The van der Waals surface area contributed by atoms with Crippen LogP contribution in [-0.2, 0) is 10.2 Å². The van der Waals surface area contributed by atoms with Crippen molar-refractivity contribution in [1.82, 2.24) is 19.9 Å². The average Bonchev–Trinajstić information content (AvgIpc) is 2.87. The van der Waals surface area contributed by atoms with E-state index < -0.39 is 0 Å². The first-order valence-corrected chi connectivity index (χ1v) is 7.31. The molecule has 2 aromatic rings. The lowest BCUT2D eigenvalue weighted by Gasteiger charge is -2.13. The van der Waals surface area contributed by atoms with Crippen LogP contribution < -0.4 is 10.6 Å². The fraction of sp³-hybridized carbons (Fsp3) is 0.600. The van der Waals surface area contributed by atoms with Gasteiger partial charge in [0, 0.05) is 44.6 Å². The Morgan fingerprint density at radius 3 is 2.76 bits per heavy atom. The van der Waals surface area contributed by atoms with Crippen LogP contribution in [-0.4, -0.2) is 47.9 Å². The molecule has 0 aliphatic carbocycles. The second-order valence-electron chi connectivity index (χ2n) is 6.05. The van der Waals surface area contributed by atoms with E-state index in [1.165, 1.54) is 0 Å². The highest BCUT2D eigenvalue weighted by Crippen LogP contribution is 2.24. The first kappa shape index (κ1) is 15.7. The maximum atomic E-state index is 4.99. The smallest absolute Gasteiger partial charge is 0.152 e. The summed E-state index contributed by atoms with van der Waals surface area (Å²) < 4.78 is 6.88. The van der Waals surface area contributed by atoms with Crippen molar-refractivity contribution in [2.45, 2.75) is 26.2 Å². The van der Waals surface area contributed by atoms with Gasteiger partial charge in [-0.25, -0.2) is 9.50 Å². The molecule has 2 N–H and O–H groups in total. The van der Waals surface area contributed by atoms with E-state index in [0.717, 1.165) is 43.3 Å². The second-order valence-corrected chi connectivity index (χ2v) is 6.05. The van der Waals surface area contributed by atoms with E-state index in [-0.39, 0.29) is 5.41 Å². The van der Waals surface area contributed by atoms with Gasteiger partial charge in [-0.15, -0.1) is 0 Å². The molecule has 0 bridgehead atoms. The van der Waals surface area contributed by atoms with Gasteiger partial charge in [0.2, 0.25) is 0 Å². The van der Waals surface area contributed by atoms with Crippen LogP contribution in [0.4, 0.5) is 5.82 Å². The normalized spacial score (nSPS) is 12.0. The third-order valence-electron chi connectivity index (χ3n) is 3.24. The summed E-state index contributed by atoms with van der Waals surface area (Å²) in [6.07, 6.45) is 3.65. The minimum Gasteiger partial charge on any atom is -0.383 e. The van der Waals surface area contributed by atoms with Gasteiger partial charge in [-0.1, -0.05) is 20.8 Å². The summed E-state index contributed by atoms with van der Waals surface area (Å²) in [6, 6.07) is 2.10. The quantitative estimate of drug-likeness (QED) is 0.760. The molecule has 0 radical (unpaired) electrons. The van der Waals surface area contributed by atoms with Crippen molar-refractivity contribution in [2.75, 3.05) is 38.7 Å². The minimum atomic E-state index is 0.0327. The van der Waals surface area contributed by atoms with Gasteiger partial charge >= 0.3 is 0 Å². The van der Waals surface area contributed by atoms with Crippen molar-refractivity contribution in [3.8, 4) is 0 Å². The highest BCUT2D eigenvalue weighted by Gasteiger charge is 2.18. The van der Waals surface area contributed by atoms with Crippen molar-refractivity contribution in [3.63, 3.8) is 0 Å². The van der Waals surface area contributed by atoms with Crippen LogP contribution in [0.25, 0.3) is 5.52 Å². The zero-order valence-electron chi connectivity index (χ0n) is 13.3. The highest BCUT2D eigenvalue weighted by molar-refractivity contribution is 5.68. The van der Waals surface area contributed by atoms with Gasteiger partial charge in [0.1, 0.15) is 5.52 Å². The van der Waals surface area contributed by atoms with Crippen LogP contribution >= 0.6 is 0 Å². The third-order valence-corrected chi connectivity index (χ3v) is 3.24. The van der Waals surface area contributed by atoms with Crippen molar-refractivity contribution in [2.24, 2.45) is 0 Å². The lowest BCUT2D eigenvalue weighted by atomic mass is 9.92. The van der Waals surface area contributed by atoms with Crippen molar-refractivity contribution in [3.05, 3.63) is 24.2 Å². The molecule has 0 fully saturated rings. The minimum absolute atomic E-state index is 0.0327. The zero-order valence-corrected chi connectivity index (χ0v) is 13.3. The largest absolute Gasteiger partial charge is 0.383 e. The van der Waals surface area contributed by atoms with E-state index in [2.05, 4.69) is 47.6 Å². The topological polar surface area (TPSA) is 63.5 Å². The Morgan fingerprint density at radius 1 is 1.24 bits per heavy atom. The summed E-state index contributed by atoms with van der Waals surface area (Å²) in [5, 5.41) is 11.3. The molecule has 0 saturated heterocycles. The van der Waals surface area contributed by atoms with Crippen LogP contribution in [0.15, 0.2) is 18.5 Å². The van der Waals surface area contributed by atoms with Gasteiger partial charge in [0.15, 0.2) is 5.82 Å². The number of hydrogen-bond acceptors (Lipinski definition) is 5. The molecule has 0 saturated carbocycles. The Labute approximate surface area is 125 Å². The third kappa shape index (κ3) is 4.15. The van der Waals surface area contributed by atoms with Gasteiger partial charge < -0.3 is 15.4 Å². The molecule has 0 unspecified atom stereocenters. The van der Waals surface area contributed by atoms with E-state index in [9.17, 15) is 0 Å². The summed E-state index contributed by atoms with van der Waals surface area (Å²) in [5.74, 6) is 0.869. The lowest BCUT2D eigenvalue weighted by Crippen LogP contribution is -2.25. The van der Waals surface area contributed by atoms with E-state index >= 15 is 0 Å². The molecule has 0 amide bonds. The molecule has 21 heavy (non-hydrogen) atoms. The van der Waals surface area contributed by atoms with Crippen LogP contribution in [0.1, 0.15) is 26.5 Å². The predicted octanol–water partition coefficient (Wildman–Crippen LogP) is 1.67. The number of ether oxygens (including phenoxy) is 1. The number of anilines is 1. The van der Waals surface area contributed by atoms with Crippen LogP contribution in [0.5, 0.6) is 0 Å². The monoisotopic (exact) mass is 291 g/mol. The standard InChI is InChI=1S/C15H25N5O/c1-15(2,3)13-11-12-14(18-7-9-20(12)19-13)17-6-5-16-8-10-21-4/h7,9,11,16H,5-6,8,10H2,1-4H3,(H,17,18). The Kier molecular flexibility index (Phi) is 5.14. The van der Waals surface area contributed by atoms with Gasteiger partial charge in [0.05, 0.1) is 12.3 Å². The maximum absolute atomic E-state index is 4.99. The van der Waals surface area contributed by atoms with Crippen molar-refractivity contribution < 1.29 is 4.74 Å². The Morgan fingerprint density at radius 2 is 2.05 bits per heavy atom. The number of nitrogens with one attached hydrogen (secondary N) is 2. The molecule has 0 aromatic carbocycles. The fourth-order valence-corrected chi connectivity index (χ4v) is 1.99. The molecule has 0 spiro atoms. The predicted molar refractivity (Wildman–Crippen MR) is 84.9 cm³/mol. The van der Waals surface area contributed by atoms with Gasteiger partial charge in [-0.05, 0) is 6.07 Å². The molecule has 0 aliphatic rings. The van der Waals surface area contributed by atoms with Gasteiger partial charge in [-0.2, -0.15) is 5.10 Å². The summed E-state index contributed by atoms with van der Waals surface area (Å²) in [5.41, 5.74) is 2.11. The summed E-state index contributed by atoms with van der Waals surface area (Å²) >= 11 is 0. The molecule has 6 nitrogen and oxygen atoms in total. The molecule has 0 aliphatic heterocycles. The number of methoxy groups -OCH3 is 1. The number of fused-ring (bicyclic) bond motifs is 1. The van der Waals surface area contributed by atoms with E-state index in [1.807, 2.05) is 10.7 Å². The van der Waals surface area contributed by atoms with E-state index in [0.29, 0.717) is 0 Å². The lowest BCUT2D eigenvalue weighted by molar-refractivity contribution is 0.200. The SMILES string of the molecule is COCCNCCNc1nccn2nc(C(C)(C)C)cc12. The summed E-state index contributed by atoms with van der Waals surface area (Å²) in [6.45, 7) is 9.75. The Balaban J connectivity index is 2.01. The number of nitrogens with zero attached hydrogens (tertiary/aromatic N) is 3. The Bertz CT molecular complexity index is 573. The Hall–Kier alpha value is -1.66. The zero-order chi connectivity index (χ0) is 15.3. The second kappa shape index (κ2) is 6.87. The summed E-state index contributed by atoms with van der Waals surface area (Å²) in [4.78, 5) is 4.41. The van der Waals surface area contributed by atoms with Gasteiger partial charge in [-0.3, -0.25) is 0 Å². The van der Waals surface area contributed by atoms with E-state index in [1.54, 1.807) is 13.3 Å². The number of aromatic nitrogens is 3. The number of rotatable bonds is 7. The molecule has 116 valence electrons. The van der Waals surface area contributed by atoms with E-state index in [4.69, 9.17) is 4.74 Å². The first-order chi connectivity index (χ1) is 10.0. The van der Waals surface area contributed by atoms with Crippen LogP contribution in [0.3, 0.4) is 0 Å². The molecule has 2 rings (SSSR count). The molecular weight excluding hydrogens is 266 g/mol. The first-order valence-electron chi connectivity index (χ1n) is 7.31. The molecule has 0 atom stereocenters. The highest BCUT2D eigenvalue weighted by atomic mass is 16.5. The van der Waals surface area contributed by atoms with Gasteiger partial charge in [0.25, 0.3) is 0 Å².